The number of thiophene rings is 1. The molecule has 0 aliphatic carbocycles. The highest BCUT2D eigenvalue weighted by Gasteiger charge is 2.24. The minimum absolute atomic E-state index is 0.112. The van der Waals surface area contributed by atoms with Crippen molar-refractivity contribution in [2.75, 3.05) is 14.2 Å². The van der Waals surface area contributed by atoms with Crippen molar-refractivity contribution in [1.29, 1.82) is 0 Å². The Kier molecular flexibility index (Phi) is 4.27. The van der Waals surface area contributed by atoms with Crippen LogP contribution >= 0.6 is 22.9 Å². The lowest BCUT2D eigenvalue weighted by Crippen LogP contribution is -2.02. The first-order valence-corrected chi connectivity index (χ1v) is 6.68. The van der Waals surface area contributed by atoms with Crippen molar-refractivity contribution < 1.29 is 18.3 Å². The number of ether oxygens (including phenoxy) is 2. The van der Waals surface area contributed by atoms with E-state index >= 15 is 0 Å². The van der Waals surface area contributed by atoms with Crippen molar-refractivity contribution in [1.82, 2.24) is 0 Å². The van der Waals surface area contributed by atoms with Crippen LogP contribution in [0.3, 0.4) is 0 Å². The van der Waals surface area contributed by atoms with Gasteiger partial charge in [-0.15, -0.1) is 22.9 Å². The number of methoxy groups -OCH3 is 2. The van der Waals surface area contributed by atoms with Crippen LogP contribution in [-0.4, -0.2) is 14.2 Å². The first-order chi connectivity index (χ1) is 9.08. The smallest absolute Gasteiger partial charge is 0.134 e. The average Bonchev–Trinajstić information content (AvgIpc) is 2.85. The predicted molar refractivity (Wildman–Crippen MR) is 71.5 cm³/mol. The van der Waals surface area contributed by atoms with E-state index in [0.717, 1.165) is 12.1 Å². The minimum Gasteiger partial charge on any atom is -0.497 e. The van der Waals surface area contributed by atoms with Crippen LogP contribution in [0, 0.1) is 11.6 Å². The Hall–Kier alpha value is -1.33. The lowest BCUT2D eigenvalue weighted by atomic mass is 10.1. The van der Waals surface area contributed by atoms with Gasteiger partial charge >= 0.3 is 0 Å². The molecule has 0 aliphatic rings. The third kappa shape index (κ3) is 2.67. The van der Waals surface area contributed by atoms with E-state index in [2.05, 4.69) is 0 Å². The van der Waals surface area contributed by atoms with Gasteiger partial charge in [0.2, 0.25) is 0 Å². The molecule has 1 aromatic heterocycles. The molecule has 0 spiro atoms. The van der Waals surface area contributed by atoms with Crippen LogP contribution in [0.5, 0.6) is 11.5 Å². The molecule has 1 aromatic carbocycles. The average molecular weight is 305 g/mol. The van der Waals surface area contributed by atoms with E-state index in [1.54, 1.807) is 11.4 Å². The van der Waals surface area contributed by atoms with Gasteiger partial charge in [-0.25, -0.2) is 8.78 Å². The molecule has 19 heavy (non-hydrogen) atoms. The zero-order chi connectivity index (χ0) is 14.0. The van der Waals surface area contributed by atoms with E-state index in [0.29, 0.717) is 10.6 Å². The quantitative estimate of drug-likeness (QED) is 0.781. The molecule has 2 aromatic rings. The number of benzene rings is 1. The summed E-state index contributed by atoms with van der Waals surface area (Å²) in [6.45, 7) is 0. The van der Waals surface area contributed by atoms with Gasteiger partial charge < -0.3 is 9.47 Å². The maximum Gasteiger partial charge on any atom is 0.134 e. The minimum atomic E-state index is -0.944. The second-order valence-electron chi connectivity index (χ2n) is 3.72. The molecule has 0 amide bonds. The van der Waals surface area contributed by atoms with E-state index in [1.807, 2.05) is 0 Å². The number of hydrogen-bond donors (Lipinski definition) is 0. The maximum absolute atomic E-state index is 13.9. The number of halogens is 3. The van der Waals surface area contributed by atoms with Gasteiger partial charge in [0, 0.05) is 17.7 Å². The van der Waals surface area contributed by atoms with Crippen LogP contribution in [0.15, 0.2) is 23.6 Å². The summed E-state index contributed by atoms with van der Waals surface area (Å²) in [4.78, 5) is 0.562. The highest BCUT2D eigenvalue weighted by molar-refractivity contribution is 7.10. The first-order valence-electron chi connectivity index (χ1n) is 5.36. The van der Waals surface area contributed by atoms with E-state index < -0.39 is 17.0 Å². The van der Waals surface area contributed by atoms with Gasteiger partial charge in [0.15, 0.2) is 0 Å². The fourth-order valence-corrected chi connectivity index (χ4v) is 3.03. The molecular formula is C13H11ClF2O2S. The summed E-state index contributed by atoms with van der Waals surface area (Å²) < 4.78 is 37.8. The molecule has 0 N–H and O–H groups in total. The standard InChI is InChI=1S/C13H11ClF2O2S/c1-17-7-5-8(15)11(9(16)6-7)12(14)13-10(18-2)3-4-19-13/h3-6,12H,1-2H3. The first kappa shape index (κ1) is 14.1. The predicted octanol–water partition coefficient (Wildman–Crippen LogP) is 4.37. The van der Waals surface area contributed by atoms with Crippen molar-refractivity contribution >= 4 is 22.9 Å². The van der Waals surface area contributed by atoms with Crippen LogP contribution < -0.4 is 9.47 Å². The zero-order valence-electron chi connectivity index (χ0n) is 10.2. The highest BCUT2D eigenvalue weighted by Crippen LogP contribution is 2.41. The lowest BCUT2D eigenvalue weighted by molar-refractivity contribution is 0.404. The molecule has 6 heteroatoms. The Morgan fingerprint density at radius 2 is 1.79 bits per heavy atom. The molecule has 1 unspecified atom stereocenters. The van der Waals surface area contributed by atoms with Gasteiger partial charge in [-0.1, -0.05) is 0 Å². The fourth-order valence-electron chi connectivity index (χ4n) is 1.71. The van der Waals surface area contributed by atoms with Gasteiger partial charge in [0.1, 0.15) is 28.5 Å². The monoisotopic (exact) mass is 304 g/mol. The van der Waals surface area contributed by atoms with Gasteiger partial charge in [0.25, 0.3) is 0 Å². The summed E-state index contributed by atoms with van der Waals surface area (Å²) in [5, 5.41) is 0.809. The van der Waals surface area contributed by atoms with E-state index in [9.17, 15) is 8.78 Å². The number of rotatable bonds is 4. The summed E-state index contributed by atoms with van der Waals surface area (Å²) in [5.74, 6) is -0.861. The van der Waals surface area contributed by atoms with Crippen molar-refractivity contribution in [3.63, 3.8) is 0 Å². The van der Waals surface area contributed by atoms with Crippen molar-refractivity contribution in [2.24, 2.45) is 0 Å². The molecule has 2 nitrogen and oxygen atoms in total. The summed E-state index contributed by atoms with van der Waals surface area (Å²) >= 11 is 7.46. The Labute approximate surface area is 118 Å². The zero-order valence-corrected chi connectivity index (χ0v) is 11.8. The third-order valence-electron chi connectivity index (χ3n) is 2.65. The Morgan fingerprint density at radius 1 is 1.16 bits per heavy atom. The van der Waals surface area contributed by atoms with Gasteiger partial charge in [-0.3, -0.25) is 0 Å². The lowest BCUT2D eigenvalue weighted by Gasteiger charge is -2.13. The topological polar surface area (TPSA) is 18.5 Å². The summed E-state index contributed by atoms with van der Waals surface area (Å²) in [7, 11) is 2.82. The molecule has 1 heterocycles. The normalized spacial score (nSPS) is 12.3. The van der Waals surface area contributed by atoms with Crippen molar-refractivity contribution in [3.8, 4) is 11.5 Å². The molecule has 1 atom stereocenters. The van der Waals surface area contributed by atoms with Gasteiger partial charge in [-0.2, -0.15) is 0 Å². The molecule has 2 rings (SSSR count). The molecule has 0 bridgehead atoms. The van der Waals surface area contributed by atoms with Crippen molar-refractivity contribution in [2.45, 2.75) is 5.38 Å². The largest absolute Gasteiger partial charge is 0.497 e. The summed E-state index contributed by atoms with van der Waals surface area (Å²) in [5.41, 5.74) is -0.205. The molecule has 102 valence electrons. The van der Waals surface area contributed by atoms with E-state index in [1.165, 1.54) is 25.6 Å². The Morgan fingerprint density at radius 3 is 2.32 bits per heavy atom. The van der Waals surface area contributed by atoms with Crippen LogP contribution in [0.1, 0.15) is 15.8 Å². The van der Waals surface area contributed by atoms with Crippen LogP contribution in [-0.2, 0) is 0 Å². The van der Waals surface area contributed by atoms with E-state index in [4.69, 9.17) is 21.1 Å². The molecule has 0 saturated heterocycles. The third-order valence-corrected chi connectivity index (χ3v) is 4.18. The van der Waals surface area contributed by atoms with Gasteiger partial charge in [-0.05, 0) is 11.4 Å². The fraction of sp³-hybridized carbons (Fsp3) is 0.231. The number of alkyl halides is 1. The number of hydrogen-bond acceptors (Lipinski definition) is 3. The molecule has 0 fully saturated rings. The van der Waals surface area contributed by atoms with Gasteiger partial charge in [0.05, 0.1) is 19.1 Å². The SMILES string of the molecule is COc1cc(F)c(C(Cl)c2sccc2OC)c(F)c1. The second kappa shape index (κ2) is 5.75. The van der Waals surface area contributed by atoms with Crippen LogP contribution in [0.25, 0.3) is 0 Å². The molecule has 0 radical (unpaired) electrons. The summed E-state index contributed by atoms with van der Waals surface area (Å²) in [6, 6.07) is 3.91. The molecular weight excluding hydrogens is 294 g/mol. The summed E-state index contributed by atoms with van der Waals surface area (Å²) in [6.07, 6.45) is 0. The van der Waals surface area contributed by atoms with E-state index in [-0.39, 0.29) is 11.3 Å². The Balaban J connectivity index is 2.47. The highest BCUT2D eigenvalue weighted by atomic mass is 35.5. The van der Waals surface area contributed by atoms with Crippen LogP contribution in [0.4, 0.5) is 8.78 Å². The molecule has 0 aliphatic heterocycles. The molecule has 0 saturated carbocycles. The second-order valence-corrected chi connectivity index (χ2v) is 5.10. The Bertz CT molecular complexity index is 563. The van der Waals surface area contributed by atoms with Crippen molar-refractivity contribution in [3.05, 3.63) is 45.7 Å². The maximum atomic E-state index is 13.9. The van der Waals surface area contributed by atoms with Crippen LogP contribution in [0.2, 0.25) is 0 Å².